The molecule has 0 spiro atoms. The summed E-state index contributed by atoms with van der Waals surface area (Å²) >= 11 is 0. The Morgan fingerprint density at radius 2 is 0.884 bits per heavy atom. The molecule has 0 amide bonds. The topological polar surface area (TPSA) is 64.7 Å². The number of fused-ring (bicyclic) bond motifs is 3. The van der Waals surface area contributed by atoms with E-state index in [1.807, 2.05) is 36.9 Å². The Balaban J connectivity index is 1.13. The quantitative estimate of drug-likeness (QED) is 0.186. The summed E-state index contributed by atoms with van der Waals surface area (Å²) in [5.41, 5.74) is 12.9. The first-order chi connectivity index (χ1) is 21.1. The van der Waals surface area contributed by atoms with Gasteiger partial charge in [0.15, 0.2) is 0 Å². The third-order valence-corrected chi connectivity index (χ3v) is 8.06. The molecule has 5 aromatic heterocycles. The second kappa shape index (κ2) is 11.6. The smallest absolute Gasteiger partial charge is 0.138 e. The third kappa shape index (κ3) is 5.67. The second-order valence-electron chi connectivity index (χ2n) is 11.2. The molecule has 7 aromatic rings. The molecule has 5 nitrogen and oxygen atoms in total. The van der Waals surface area contributed by atoms with Gasteiger partial charge in [-0.1, -0.05) is 36.4 Å². The molecule has 0 atom stereocenters. The molecule has 0 fully saturated rings. The SMILES string of the molecule is Cc1ccnc(-c2cc(CCc3cccc4c3oc3c(CCc5ccnc(-c6cc(C)ccn6)c5)cccc34)ccn2)c1. The fourth-order valence-electron chi connectivity index (χ4n) is 5.78. The maximum atomic E-state index is 6.66. The van der Waals surface area contributed by atoms with E-state index >= 15 is 0 Å². The first kappa shape index (κ1) is 26.7. The summed E-state index contributed by atoms with van der Waals surface area (Å²) in [5, 5.41) is 2.34. The number of aromatic nitrogens is 4. The van der Waals surface area contributed by atoms with Crippen molar-refractivity contribution in [2.75, 3.05) is 0 Å². The molecule has 0 bridgehead atoms. The van der Waals surface area contributed by atoms with Crippen LogP contribution in [0.4, 0.5) is 0 Å². The van der Waals surface area contributed by atoms with Crippen LogP contribution in [-0.4, -0.2) is 19.9 Å². The number of aryl methyl sites for hydroxylation is 6. The summed E-state index contributed by atoms with van der Waals surface area (Å²) in [6.07, 6.45) is 11.0. The lowest BCUT2D eigenvalue weighted by Crippen LogP contribution is -1.95. The van der Waals surface area contributed by atoms with E-state index in [-0.39, 0.29) is 0 Å². The Morgan fingerprint density at radius 3 is 1.33 bits per heavy atom. The van der Waals surface area contributed by atoms with Crippen LogP contribution >= 0.6 is 0 Å². The van der Waals surface area contributed by atoms with Crippen LogP contribution in [0.5, 0.6) is 0 Å². The van der Waals surface area contributed by atoms with Crippen molar-refractivity contribution in [3.63, 3.8) is 0 Å². The van der Waals surface area contributed by atoms with Gasteiger partial charge in [-0.2, -0.15) is 0 Å². The minimum absolute atomic E-state index is 0.879. The first-order valence-electron chi connectivity index (χ1n) is 14.8. The number of benzene rings is 2. The molecule has 0 saturated carbocycles. The lowest BCUT2D eigenvalue weighted by molar-refractivity contribution is 0.655. The van der Waals surface area contributed by atoms with E-state index in [1.165, 1.54) is 44.2 Å². The molecule has 5 heterocycles. The summed E-state index contributed by atoms with van der Waals surface area (Å²) in [4.78, 5) is 18.2. The molecule has 5 heteroatoms. The second-order valence-corrected chi connectivity index (χ2v) is 11.2. The Morgan fingerprint density at radius 1 is 0.465 bits per heavy atom. The highest BCUT2D eigenvalue weighted by molar-refractivity contribution is 6.06. The molecule has 0 saturated heterocycles. The molecule has 2 aromatic carbocycles. The van der Waals surface area contributed by atoms with Crippen LogP contribution in [0.3, 0.4) is 0 Å². The third-order valence-electron chi connectivity index (χ3n) is 8.06. The standard InChI is InChI=1S/C38H32N4O/c1-25-13-17-39-33(21-25)35-23-27(15-19-41-35)9-11-29-5-3-7-31-32-8-4-6-30(38(32)43-37(29)31)12-10-28-16-20-42-36(24-28)34-22-26(2)14-18-40-34/h3-8,13-24H,9-12H2,1-2H3. The lowest BCUT2D eigenvalue weighted by atomic mass is 10.00. The van der Waals surface area contributed by atoms with Gasteiger partial charge in [0.25, 0.3) is 0 Å². The Kier molecular flexibility index (Phi) is 7.22. The van der Waals surface area contributed by atoms with Crippen molar-refractivity contribution in [2.24, 2.45) is 0 Å². The summed E-state index contributed by atoms with van der Waals surface area (Å²) in [5.74, 6) is 0. The predicted molar refractivity (Wildman–Crippen MR) is 173 cm³/mol. The molecule has 0 aliphatic heterocycles. The molecule has 43 heavy (non-hydrogen) atoms. The van der Waals surface area contributed by atoms with Gasteiger partial charge in [0.05, 0.1) is 22.8 Å². The summed E-state index contributed by atoms with van der Waals surface area (Å²) in [6.45, 7) is 4.15. The van der Waals surface area contributed by atoms with E-state index in [2.05, 4.69) is 107 Å². The van der Waals surface area contributed by atoms with Crippen LogP contribution in [-0.2, 0) is 25.7 Å². The molecule has 210 valence electrons. The fraction of sp³-hybridized carbons (Fsp3) is 0.158. The van der Waals surface area contributed by atoms with Gasteiger partial charge >= 0.3 is 0 Å². The molecule has 7 rings (SSSR count). The van der Waals surface area contributed by atoms with Crippen LogP contribution in [0.25, 0.3) is 44.7 Å². The van der Waals surface area contributed by atoms with Crippen LogP contribution in [0, 0.1) is 13.8 Å². The highest BCUT2D eigenvalue weighted by Gasteiger charge is 2.14. The van der Waals surface area contributed by atoms with E-state index in [4.69, 9.17) is 4.42 Å². The molecule has 0 aliphatic carbocycles. The molecule has 0 radical (unpaired) electrons. The zero-order valence-corrected chi connectivity index (χ0v) is 24.4. The monoisotopic (exact) mass is 560 g/mol. The molecule has 0 aliphatic rings. The minimum Gasteiger partial charge on any atom is -0.455 e. The first-order valence-corrected chi connectivity index (χ1v) is 14.8. The van der Waals surface area contributed by atoms with E-state index in [0.29, 0.717) is 0 Å². The van der Waals surface area contributed by atoms with Gasteiger partial charge in [-0.05, 0) is 121 Å². The van der Waals surface area contributed by atoms with Crippen molar-refractivity contribution >= 4 is 21.9 Å². The molecular formula is C38H32N4O. The fourth-order valence-corrected chi connectivity index (χ4v) is 5.78. The van der Waals surface area contributed by atoms with Crippen molar-refractivity contribution < 1.29 is 4.42 Å². The number of rotatable bonds is 8. The van der Waals surface area contributed by atoms with Gasteiger partial charge in [-0.15, -0.1) is 0 Å². The highest BCUT2D eigenvalue weighted by atomic mass is 16.3. The average Bonchev–Trinajstić information content (AvgIpc) is 3.43. The Labute approximate surface area is 251 Å². The largest absolute Gasteiger partial charge is 0.455 e. The van der Waals surface area contributed by atoms with E-state index < -0.39 is 0 Å². The van der Waals surface area contributed by atoms with Crippen LogP contribution in [0.15, 0.2) is 114 Å². The van der Waals surface area contributed by atoms with Gasteiger partial charge in [0.2, 0.25) is 0 Å². The summed E-state index contributed by atoms with van der Waals surface area (Å²) in [7, 11) is 0. The number of pyridine rings is 4. The Hall–Kier alpha value is -5.16. The van der Waals surface area contributed by atoms with Gasteiger partial charge in [0, 0.05) is 35.6 Å². The maximum absolute atomic E-state index is 6.66. The van der Waals surface area contributed by atoms with Gasteiger partial charge in [0.1, 0.15) is 11.2 Å². The number of furan rings is 1. The van der Waals surface area contributed by atoms with Gasteiger partial charge in [-0.25, -0.2) is 0 Å². The van der Waals surface area contributed by atoms with Gasteiger partial charge < -0.3 is 4.42 Å². The van der Waals surface area contributed by atoms with Crippen LogP contribution in [0.1, 0.15) is 33.4 Å². The van der Waals surface area contributed by atoms with E-state index in [0.717, 1.165) is 59.6 Å². The summed E-state index contributed by atoms with van der Waals surface area (Å²) in [6, 6.07) is 29.7. The van der Waals surface area contributed by atoms with Gasteiger partial charge in [-0.3, -0.25) is 19.9 Å². The predicted octanol–water partition coefficient (Wildman–Crippen LogP) is 8.69. The van der Waals surface area contributed by atoms with Crippen LogP contribution < -0.4 is 0 Å². The summed E-state index contributed by atoms with van der Waals surface area (Å²) < 4.78 is 6.66. The van der Waals surface area contributed by atoms with Crippen LogP contribution in [0.2, 0.25) is 0 Å². The van der Waals surface area contributed by atoms with E-state index in [9.17, 15) is 0 Å². The minimum atomic E-state index is 0.879. The highest BCUT2D eigenvalue weighted by Crippen LogP contribution is 2.34. The molecular weight excluding hydrogens is 528 g/mol. The van der Waals surface area contributed by atoms with Crippen molar-refractivity contribution in [3.8, 4) is 22.8 Å². The van der Waals surface area contributed by atoms with Crippen molar-refractivity contribution in [2.45, 2.75) is 39.5 Å². The van der Waals surface area contributed by atoms with Crippen molar-refractivity contribution in [3.05, 3.63) is 143 Å². The number of hydrogen-bond acceptors (Lipinski definition) is 5. The van der Waals surface area contributed by atoms with Crippen molar-refractivity contribution in [1.82, 2.24) is 19.9 Å². The number of para-hydroxylation sites is 2. The maximum Gasteiger partial charge on any atom is 0.138 e. The van der Waals surface area contributed by atoms with Crippen molar-refractivity contribution in [1.29, 1.82) is 0 Å². The number of nitrogens with zero attached hydrogens (tertiary/aromatic N) is 4. The molecule has 0 N–H and O–H groups in total. The Bertz CT molecular complexity index is 1930. The lowest BCUT2D eigenvalue weighted by Gasteiger charge is -2.06. The molecule has 0 unspecified atom stereocenters. The average molecular weight is 561 g/mol. The zero-order chi connectivity index (χ0) is 29.2. The normalized spacial score (nSPS) is 11.4. The zero-order valence-electron chi connectivity index (χ0n) is 24.4. The van der Waals surface area contributed by atoms with E-state index in [1.54, 1.807) is 0 Å². The number of hydrogen-bond donors (Lipinski definition) is 0.